The predicted molar refractivity (Wildman–Crippen MR) is 80.0 cm³/mol. The quantitative estimate of drug-likeness (QED) is 0.790. The van der Waals surface area contributed by atoms with Gasteiger partial charge in [-0.2, -0.15) is 0 Å². The molecular weight excluding hydrogens is 238 g/mol. The van der Waals surface area contributed by atoms with Crippen LogP contribution in [0.1, 0.15) is 20.8 Å². The molecule has 106 valence electrons. The molecule has 0 aliphatic carbocycles. The van der Waals surface area contributed by atoms with Gasteiger partial charge in [0.2, 0.25) is 5.91 Å². The van der Waals surface area contributed by atoms with Crippen LogP contribution in [-0.4, -0.2) is 36.5 Å². The molecule has 0 radical (unpaired) electrons. The summed E-state index contributed by atoms with van der Waals surface area (Å²) in [4.78, 5) is 14.3. The van der Waals surface area contributed by atoms with Gasteiger partial charge in [-0.05, 0) is 38.1 Å². The van der Waals surface area contributed by atoms with Gasteiger partial charge in [-0.25, -0.2) is 0 Å². The highest BCUT2D eigenvalue weighted by molar-refractivity contribution is 5.94. The van der Waals surface area contributed by atoms with Crippen LogP contribution in [0, 0.1) is 5.92 Å². The SMILES string of the molecule is CCN(CC(C)CN)C(C)C(=O)Nc1ccccc1. The van der Waals surface area contributed by atoms with Crippen molar-refractivity contribution >= 4 is 11.6 Å². The molecule has 0 spiro atoms. The molecule has 1 rings (SSSR count). The van der Waals surface area contributed by atoms with Crippen LogP contribution in [0.3, 0.4) is 0 Å². The van der Waals surface area contributed by atoms with Gasteiger partial charge in [0.15, 0.2) is 0 Å². The maximum atomic E-state index is 12.2. The summed E-state index contributed by atoms with van der Waals surface area (Å²) >= 11 is 0. The molecule has 0 heterocycles. The van der Waals surface area contributed by atoms with Crippen molar-refractivity contribution < 1.29 is 4.79 Å². The molecule has 0 fully saturated rings. The van der Waals surface area contributed by atoms with Gasteiger partial charge in [0.25, 0.3) is 0 Å². The van der Waals surface area contributed by atoms with Crippen molar-refractivity contribution in [2.75, 3.05) is 25.0 Å². The lowest BCUT2D eigenvalue weighted by Gasteiger charge is -2.29. The van der Waals surface area contributed by atoms with Crippen LogP contribution in [-0.2, 0) is 4.79 Å². The lowest BCUT2D eigenvalue weighted by Crippen LogP contribution is -2.44. The minimum atomic E-state index is -0.154. The predicted octanol–water partition coefficient (Wildman–Crippen LogP) is 1.93. The Labute approximate surface area is 116 Å². The van der Waals surface area contributed by atoms with E-state index in [0.29, 0.717) is 12.5 Å². The number of carbonyl (C=O) groups is 1. The monoisotopic (exact) mass is 263 g/mol. The van der Waals surface area contributed by atoms with E-state index < -0.39 is 0 Å². The largest absolute Gasteiger partial charge is 0.330 e. The van der Waals surface area contributed by atoms with E-state index in [1.165, 1.54) is 0 Å². The molecule has 4 heteroatoms. The molecule has 2 atom stereocenters. The molecule has 0 bridgehead atoms. The maximum Gasteiger partial charge on any atom is 0.241 e. The number of nitrogens with zero attached hydrogens (tertiary/aromatic N) is 1. The van der Waals surface area contributed by atoms with Crippen molar-refractivity contribution in [3.8, 4) is 0 Å². The molecule has 4 nitrogen and oxygen atoms in total. The Morgan fingerprint density at radius 2 is 1.95 bits per heavy atom. The van der Waals surface area contributed by atoms with Gasteiger partial charge in [0, 0.05) is 12.2 Å². The zero-order valence-corrected chi connectivity index (χ0v) is 12.1. The van der Waals surface area contributed by atoms with Crippen molar-refractivity contribution in [2.24, 2.45) is 11.7 Å². The molecule has 0 saturated carbocycles. The minimum Gasteiger partial charge on any atom is -0.330 e. The molecule has 1 amide bonds. The Kier molecular flexibility index (Phi) is 6.53. The Morgan fingerprint density at radius 1 is 1.32 bits per heavy atom. The average molecular weight is 263 g/mol. The van der Waals surface area contributed by atoms with E-state index in [-0.39, 0.29) is 11.9 Å². The fourth-order valence-electron chi connectivity index (χ4n) is 1.97. The number of nitrogens with one attached hydrogen (secondary N) is 1. The first-order chi connectivity index (χ1) is 9.08. The molecule has 3 N–H and O–H groups in total. The second-order valence-corrected chi connectivity index (χ2v) is 4.96. The smallest absolute Gasteiger partial charge is 0.241 e. The van der Waals surface area contributed by atoms with E-state index in [0.717, 1.165) is 18.8 Å². The highest BCUT2D eigenvalue weighted by atomic mass is 16.2. The van der Waals surface area contributed by atoms with E-state index in [9.17, 15) is 4.79 Å². The first-order valence-corrected chi connectivity index (χ1v) is 6.88. The highest BCUT2D eigenvalue weighted by Gasteiger charge is 2.21. The third-order valence-electron chi connectivity index (χ3n) is 3.32. The number of rotatable bonds is 7. The molecule has 19 heavy (non-hydrogen) atoms. The number of benzene rings is 1. The minimum absolute atomic E-state index is 0.0253. The third-order valence-corrected chi connectivity index (χ3v) is 3.32. The van der Waals surface area contributed by atoms with Crippen LogP contribution in [0.25, 0.3) is 0 Å². The summed E-state index contributed by atoms with van der Waals surface area (Å²) in [6, 6.07) is 9.38. The van der Waals surface area contributed by atoms with Crippen molar-refractivity contribution in [3.05, 3.63) is 30.3 Å². The van der Waals surface area contributed by atoms with Crippen molar-refractivity contribution in [3.63, 3.8) is 0 Å². The molecule has 2 unspecified atom stereocenters. The summed E-state index contributed by atoms with van der Waals surface area (Å²) in [6.07, 6.45) is 0. The van der Waals surface area contributed by atoms with Gasteiger partial charge in [0.1, 0.15) is 0 Å². The Bertz CT molecular complexity index is 380. The number of carbonyl (C=O) groups excluding carboxylic acids is 1. The fraction of sp³-hybridized carbons (Fsp3) is 0.533. The zero-order valence-electron chi connectivity index (χ0n) is 12.1. The van der Waals surface area contributed by atoms with Crippen LogP contribution in [0.4, 0.5) is 5.69 Å². The van der Waals surface area contributed by atoms with E-state index in [1.807, 2.05) is 37.3 Å². The van der Waals surface area contributed by atoms with Crippen LogP contribution >= 0.6 is 0 Å². The van der Waals surface area contributed by atoms with Crippen LogP contribution in [0.2, 0.25) is 0 Å². The van der Waals surface area contributed by atoms with Gasteiger partial charge in [-0.15, -0.1) is 0 Å². The number of likely N-dealkylation sites (N-methyl/N-ethyl adjacent to an activating group) is 1. The number of hydrogen-bond acceptors (Lipinski definition) is 3. The molecule has 0 aromatic heterocycles. The molecule has 0 saturated heterocycles. The average Bonchev–Trinajstić information content (AvgIpc) is 2.44. The third kappa shape index (κ3) is 5.01. The fourth-order valence-corrected chi connectivity index (χ4v) is 1.97. The summed E-state index contributed by atoms with van der Waals surface area (Å²) < 4.78 is 0. The highest BCUT2D eigenvalue weighted by Crippen LogP contribution is 2.09. The van der Waals surface area contributed by atoms with E-state index >= 15 is 0 Å². The summed E-state index contributed by atoms with van der Waals surface area (Å²) in [7, 11) is 0. The molecule has 0 aliphatic heterocycles. The maximum absolute atomic E-state index is 12.2. The van der Waals surface area contributed by atoms with Crippen LogP contribution in [0.15, 0.2) is 30.3 Å². The van der Waals surface area contributed by atoms with Gasteiger partial charge < -0.3 is 11.1 Å². The van der Waals surface area contributed by atoms with E-state index in [2.05, 4.69) is 24.1 Å². The number of para-hydroxylation sites is 1. The summed E-state index contributed by atoms with van der Waals surface area (Å²) in [5.74, 6) is 0.421. The van der Waals surface area contributed by atoms with Crippen molar-refractivity contribution in [1.29, 1.82) is 0 Å². The first kappa shape index (κ1) is 15.7. The van der Waals surface area contributed by atoms with Crippen molar-refractivity contribution in [2.45, 2.75) is 26.8 Å². The Morgan fingerprint density at radius 3 is 2.47 bits per heavy atom. The zero-order chi connectivity index (χ0) is 14.3. The van der Waals surface area contributed by atoms with Gasteiger partial charge in [0.05, 0.1) is 6.04 Å². The second-order valence-electron chi connectivity index (χ2n) is 4.96. The molecule has 0 aliphatic rings. The lowest BCUT2D eigenvalue weighted by atomic mass is 10.1. The van der Waals surface area contributed by atoms with Gasteiger partial charge >= 0.3 is 0 Å². The first-order valence-electron chi connectivity index (χ1n) is 6.88. The standard InChI is InChI=1S/C15H25N3O/c1-4-18(11-12(2)10-16)13(3)15(19)17-14-8-6-5-7-9-14/h5-9,12-13H,4,10-11,16H2,1-3H3,(H,17,19). The number of hydrogen-bond donors (Lipinski definition) is 2. The van der Waals surface area contributed by atoms with Gasteiger partial charge in [-0.1, -0.05) is 32.0 Å². The number of anilines is 1. The van der Waals surface area contributed by atoms with Crippen LogP contribution < -0.4 is 11.1 Å². The van der Waals surface area contributed by atoms with Crippen molar-refractivity contribution in [1.82, 2.24) is 4.90 Å². The molecule has 1 aromatic rings. The summed E-state index contributed by atoms with van der Waals surface area (Å²) in [5, 5.41) is 2.94. The Balaban J connectivity index is 2.59. The second kappa shape index (κ2) is 7.92. The van der Waals surface area contributed by atoms with E-state index in [1.54, 1.807) is 0 Å². The number of amides is 1. The van der Waals surface area contributed by atoms with Crippen LogP contribution in [0.5, 0.6) is 0 Å². The lowest BCUT2D eigenvalue weighted by molar-refractivity contribution is -0.120. The van der Waals surface area contributed by atoms with Gasteiger partial charge in [-0.3, -0.25) is 9.69 Å². The normalized spacial score (nSPS) is 14.2. The van der Waals surface area contributed by atoms with E-state index in [4.69, 9.17) is 5.73 Å². The molecular formula is C15H25N3O. The Hall–Kier alpha value is -1.39. The summed E-state index contributed by atoms with van der Waals surface area (Å²) in [5.41, 5.74) is 6.48. The topological polar surface area (TPSA) is 58.4 Å². The molecule has 1 aromatic carbocycles. The number of nitrogens with two attached hydrogens (primary N) is 1. The summed E-state index contributed by atoms with van der Waals surface area (Å²) in [6.45, 7) is 8.43.